The van der Waals surface area contributed by atoms with Gasteiger partial charge < -0.3 is 20.4 Å². The number of benzene rings is 2. The van der Waals surface area contributed by atoms with Crippen molar-refractivity contribution in [2.24, 2.45) is 0 Å². The van der Waals surface area contributed by atoms with E-state index >= 15 is 0 Å². The van der Waals surface area contributed by atoms with E-state index < -0.39 is 6.10 Å². The summed E-state index contributed by atoms with van der Waals surface area (Å²) in [6.07, 6.45) is 4.53. The maximum atomic E-state index is 13.7. The van der Waals surface area contributed by atoms with Crippen LogP contribution in [0.5, 0.6) is 0 Å². The number of aromatic nitrogens is 3. The molecule has 0 radical (unpaired) electrons. The van der Waals surface area contributed by atoms with Crippen LogP contribution >= 0.6 is 0 Å². The highest BCUT2D eigenvalue weighted by Gasteiger charge is 2.29. The quantitative estimate of drug-likeness (QED) is 0.382. The number of halogens is 1. The summed E-state index contributed by atoms with van der Waals surface area (Å²) in [5.41, 5.74) is 4.26. The van der Waals surface area contributed by atoms with E-state index in [2.05, 4.69) is 22.2 Å². The Morgan fingerprint density at radius 3 is 3.00 bits per heavy atom. The van der Waals surface area contributed by atoms with Crippen molar-refractivity contribution in [2.75, 3.05) is 0 Å². The third-order valence-electron chi connectivity index (χ3n) is 6.62. The molecule has 0 amide bonds. The fourth-order valence-corrected chi connectivity index (χ4v) is 4.91. The molecule has 3 heterocycles. The number of aryl methyl sites for hydroxylation is 2. The zero-order valence-corrected chi connectivity index (χ0v) is 17.5. The second-order valence-corrected chi connectivity index (χ2v) is 8.48. The molecular formula is C24H27FN4O2. The standard InChI is InChI=1S/C24H27FN4O2/c1-2-16(8-6-14-13-26-19-9-7-15(25)12-18(14)19)27-21-10-11-29-22-17(23(21)30)4-3-5-20(22)28-24(29)31/h3-5,7,9,12-13,16,21,23,26-27,30H,2,6,8,10-11H2,1H3,(H,28,31)/t16?,21-,23-/m1/s1. The highest BCUT2D eigenvalue weighted by atomic mass is 19.1. The first-order valence-electron chi connectivity index (χ1n) is 11.0. The largest absolute Gasteiger partial charge is 0.387 e. The zero-order valence-electron chi connectivity index (χ0n) is 17.5. The van der Waals surface area contributed by atoms with Crippen molar-refractivity contribution in [3.63, 3.8) is 0 Å². The van der Waals surface area contributed by atoms with Gasteiger partial charge in [-0.05, 0) is 55.5 Å². The van der Waals surface area contributed by atoms with E-state index in [1.54, 1.807) is 16.7 Å². The Morgan fingerprint density at radius 2 is 2.16 bits per heavy atom. The number of nitrogens with zero attached hydrogens (tertiary/aromatic N) is 1. The maximum absolute atomic E-state index is 13.7. The second kappa shape index (κ2) is 7.98. The molecule has 1 unspecified atom stereocenters. The number of imidazole rings is 1. The van der Waals surface area contributed by atoms with E-state index in [9.17, 15) is 14.3 Å². The van der Waals surface area contributed by atoms with Crippen LogP contribution in [0.1, 0.15) is 43.4 Å². The van der Waals surface area contributed by atoms with Gasteiger partial charge in [-0.2, -0.15) is 0 Å². The highest BCUT2D eigenvalue weighted by molar-refractivity contribution is 5.83. The van der Waals surface area contributed by atoms with Crippen LogP contribution in [0.15, 0.2) is 47.4 Å². The van der Waals surface area contributed by atoms with E-state index in [0.717, 1.165) is 52.3 Å². The first kappa shape index (κ1) is 20.0. The number of rotatable bonds is 6. The minimum atomic E-state index is -0.691. The number of nitrogens with one attached hydrogen (secondary N) is 3. The first-order chi connectivity index (χ1) is 15.0. The third kappa shape index (κ3) is 3.58. The Morgan fingerprint density at radius 1 is 1.29 bits per heavy atom. The molecule has 162 valence electrons. The number of aliphatic hydroxyl groups excluding tert-OH is 1. The molecule has 7 heteroatoms. The Bertz CT molecular complexity index is 1290. The van der Waals surface area contributed by atoms with Gasteiger partial charge in [0.2, 0.25) is 0 Å². The zero-order chi connectivity index (χ0) is 21.5. The number of hydrogen-bond donors (Lipinski definition) is 4. The van der Waals surface area contributed by atoms with Crippen molar-refractivity contribution >= 4 is 21.9 Å². The smallest absolute Gasteiger partial charge is 0.326 e. The van der Waals surface area contributed by atoms with Crippen molar-refractivity contribution < 1.29 is 9.50 Å². The molecule has 31 heavy (non-hydrogen) atoms. The number of aromatic amines is 2. The van der Waals surface area contributed by atoms with E-state index in [-0.39, 0.29) is 23.6 Å². The van der Waals surface area contributed by atoms with E-state index in [4.69, 9.17) is 0 Å². The van der Waals surface area contributed by atoms with Gasteiger partial charge in [0.25, 0.3) is 0 Å². The molecule has 0 fully saturated rings. The lowest BCUT2D eigenvalue weighted by atomic mass is 9.97. The highest BCUT2D eigenvalue weighted by Crippen LogP contribution is 2.30. The van der Waals surface area contributed by atoms with Crippen molar-refractivity contribution in [3.05, 3.63) is 70.0 Å². The number of H-pyrrole nitrogens is 2. The molecule has 4 aromatic rings. The summed E-state index contributed by atoms with van der Waals surface area (Å²) in [6, 6.07) is 10.5. The molecule has 0 bridgehead atoms. The van der Waals surface area contributed by atoms with Crippen LogP contribution in [0, 0.1) is 5.82 Å². The molecule has 1 aliphatic rings. The monoisotopic (exact) mass is 422 g/mol. The fourth-order valence-electron chi connectivity index (χ4n) is 4.91. The third-order valence-corrected chi connectivity index (χ3v) is 6.62. The van der Waals surface area contributed by atoms with Gasteiger partial charge in [-0.1, -0.05) is 19.1 Å². The SMILES string of the molecule is CCC(CCc1c[nH]c2ccc(F)cc12)N[C@@H]1CCn2c(=O)[nH]c3cccc(c32)[C@H]1O. The van der Waals surface area contributed by atoms with Crippen LogP contribution in [0.2, 0.25) is 0 Å². The number of aliphatic hydroxyl groups is 1. The molecule has 2 aromatic carbocycles. The molecule has 4 N–H and O–H groups in total. The lowest BCUT2D eigenvalue weighted by Crippen LogP contribution is -2.42. The summed E-state index contributed by atoms with van der Waals surface area (Å²) in [5, 5.41) is 15.7. The van der Waals surface area contributed by atoms with E-state index in [1.807, 2.05) is 24.4 Å². The van der Waals surface area contributed by atoms with Gasteiger partial charge >= 0.3 is 5.69 Å². The van der Waals surface area contributed by atoms with E-state index in [0.29, 0.717) is 13.0 Å². The van der Waals surface area contributed by atoms with Gasteiger partial charge in [0.15, 0.2) is 0 Å². The molecule has 0 spiro atoms. The molecule has 2 aromatic heterocycles. The number of fused-ring (bicyclic) bond motifs is 1. The summed E-state index contributed by atoms with van der Waals surface area (Å²) in [7, 11) is 0. The minimum absolute atomic E-state index is 0.131. The van der Waals surface area contributed by atoms with Crippen LogP contribution < -0.4 is 11.0 Å². The van der Waals surface area contributed by atoms with Crippen LogP contribution in [-0.2, 0) is 13.0 Å². The Kier molecular flexibility index (Phi) is 5.16. The normalized spacial score (nSPS) is 19.7. The topological polar surface area (TPSA) is 85.8 Å². The Labute approximate surface area is 179 Å². The van der Waals surface area contributed by atoms with Crippen LogP contribution in [0.3, 0.4) is 0 Å². The molecule has 0 saturated carbocycles. The molecule has 0 saturated heterocycles. The summed E-state index contributed by atoms with van der Waals surface area (Å²) in [4.78, 5) is 18.4. The minimum Gasteiger partial charge on any atom is -0.387 e. The summed E-state index contributed by atoms with van der Waals surface area (Å²) >= 11 is 0. The fraction of sp³-hybridized carbons (Fsp3) is 0.375. The molecule has 0 aliphatic carbocycles. The van der Waals surface area contributed by atoms with Gasteiger partial charge in [0, 0.05) is 41.3 Å². The van der Waals surface area contributed by atoms with Gasteiger partial charge in [-0.3, -0.25) is 4.57 Å². The molecule has 3 atom stereocenters. The van der Waals surface area contributed by atoms with Gasteiger partial charge in [0.05, 0.1) is 17.1 Å². The van der Waals surface area contributed by atoms with Crippen LogP contribution in [0.25, 0.3) is 21.9 Å². The molecule has 1 aliphatic heterocycles. The van der Waals surface area contributed by atoms with Crippen molar-refractivity contribution in [1.29, 1.82) is 0 Å². The summed E-state index contributed by atoms with van der Waals surface area (Å²) in [5.74, 6) is -0.229. The van der Waals surface area contributed by atoms with Crippen molar-refractivity contribution in [3.8, 4) is 0 Å². The average Bonchev–Trinajstić information content (AvgIpc) is 3.27. The number of hydrogen-bond acceptors (Lipinski definition) is 3. The predicted molar refractivity (Wildman–Crippen MR) is 120 cm³/mol. The van der Waals surface area contributed by atoms with Gasteiger partial charge in [-0.25, -0.2) is 9.18 Å². The predicted octanol–water partition coefficient (Wildman–Crippen LogP) is 3.76. The lowest BCUT2D eigenvalue weighted by molar-refractivity contribution is 0.117. The summed E-state index contributed by atoms with van der Waals surface area (Å²) in [6.45, 7) is 2.69. The van der Waals surface area contributed by atoms with Crippen LogP contribution in [-0.4, -0.2) is 31.7 Å². The molecule has 5 rings (SSSR count). The maximum Gasteiger partial charge on any atom is 0.326 e. The summed E-state index contributed by atoms with van der Waals surface area (Å²) < 4.78 is 15.4. The Balaban J connectivity index is 1.33. The first-order valence-corrected chi connectivity index (χ1v) is 11.0. The average molecular weight is 423 g/mol. The van der Waals surface area contributed by atoms with E-state index in [1.165, 1.54) is 6.07 Å². The number of para-hydroxylation sites is 1. The van der Waals surface area contributed by atoms with Crippen molar-refractivity contribution in [1.82, 2.24) is 19.9 Å². The molecular weight excluding hydrogens is 395 g/mol. The van der Waals surface area contributed by atoms with Crippen molar-refractivity contribution in [2.45, 2.75) is 57.3 Å². The molecule has 6 nitrogen and oxygen atoms in total. The lowest BCUT2D eigenvalue weighted by Gasteiger charge is -2.28. The second-order valence-electron chi connectivity index (χ2n) is 8.48. The van der Waals surface area contributed by atoms with Crippen LogP contribution in [0.4, 0.5) is 4.39 Å². The van der Waals surface area contributed by atoms with Gasteiger partial charge in [0.1, 0.15) is 5.82 Å². The Hall–Kier alpha value is -2.90. The van der Waals surface area contributed by atoms with Gasteiger partial charge in [-0.15, -0.1) is 0 Å².